The number of aryl methyl sites for hydroxylation is 1. The summed E-state index contributed by atoms with van der Waals surface area (Å²) in [6.07, 6.45) is 0. The number of carbonyl (C=O) groups is 2. The van der Waals surface area contributed by atoms with Crippen molar-refractivity contribution in [1.29, 1.82) is 0 Å². The maximum atomic E-state index is 13.1. The molecule has 144 valence electrons. The van der Waals surface area contributed by atoms with E-state index < -0.39 is 5.56 Å². The van der Waals surface area contributed by atoms with Gasteiger partial charge in [-0.05, 0) is 43.7 Å². The van der Waals surface area contributed by atoms with Crippen molar-refractivity contribution in [2.24, 2.45) is 0 Å². The Kier molecular flexibility index (Phi) is 5.54. The molecular weight excluding hydrogens is 356 g/mol. The van der Waals surface area contributed by atoms with Gasteiger partial charge in [-0.1, -0.05) is 24.3 Å². The number of anilines is 2. The van der Waals surface area contributed by atoms with Crippen LogP contribution in [-0.4, -0.2) is 27.9 Å². The molecule has 1 N–H and O–H groups in total. The fraction of sp³-hybridized carbons (Fsp3) is 0.238. The van der Waals surface area contributed by atoms with Crippen molar-refractivity contribution in [3.8, 4) is 0 Å². The molecule has 2 aromatic carbocycles. The molecule has 28 heavy (non-hydrogen) atoms. The largest absolute Gasteiger partial charge is 0.325 e. The van der Waals surface area contributed by atoms with Crippen molar-refractivity contribution < 1.29 is 9.59 Å². The molecule has 0 aliphatic carbocycles. The topological polar surface area (TPSA) is 84.3 Å². The molecule has 0 saturated heterocycles. The van der Waals surface area contributed by atoms with Gasteiger partial charge in [0.2, 0.25) is 17.6 Å². The average Bonchev–Trinajstić information content (AvgIpc) is 2.65. The summed E-state index contributed by atoms with van der Waals surface area (Å²) in [7, 11) is 0. The van der Waals surface area contributed by atoms with Gasteiger partial charge in [0, 0.05) is 19.2 Å². The SMILES string of the molecule is CCN(C(C)=O)c1nc2ccccc2n(CC(=O)Nc2cccc(C)c2)c1=O. The maximum absolute atomic E-state index is 13.1. The third-order valence-corrected chi connectivity index (χ3v) is 4.39. The van der Waals surface area contributed by atoms with Gasteiger partial charge in [-0.15, -0.1) is 0 Å². The molecule has 0 atom stereocenters. The van der Waals surface area contributed by atoms with Crippen LogP contribution in [0.3, 0.4) is 0 Å². The third-order valence-electron chi connectivity index (χ3n) is 4.39. The molecule has 1 aromatic heterocycles. The van der Waals surface area contributed by atoms with E-state index in [2.05, 4.69) is 10.3 Å². The van der Waals surface area contributed by atoms with Crippen molar-refractivity contribution >= 4 is 34.4 Å². The first kappa shape index (κ1) is 19.3. The molecule has 3 rings (SSSR count). The summed E-state index contributed by atoms with van der Waals surface area (Å²) in [4.78, 5) is 43.3. The zero-order valence-corrected chi connectivity index (χ0v) is 16.1. The van der Waals surface area contributed by atoms with Gasteiger partial charge in [-0.3, -0.25) is 23.9 Å². The predicted molar refractivity (Wildman–Crippen MR) is 110 cm³/mol. The van der Waals surface area contributed by atoms with Gasteiger partial charge in [0.1, 0.15) is 6.54 Å². The predicted octanol–water partition coefficient (Wildman–Crippen LogP) is 2.72. The molecule has 0 spiro atoms. The van der Waals surface area contributed by atoms with Gasteiger partial charge in [-0.2, -0.15) is 0 Å². The van der Waals surface area contributed by atoms with Gasteiger partial charge in [0.05, 0.1) is 11.0 Å². The normalized spacial score (nSPS) is 10.7. The van der Waals surface area contributed by atoms with Crippen molar-refractivity contribution in [3.63, 3.8) is 0 Å². The first-order valence-corrected chi connectivity index (χ1v) is 9.05. The second kappa shape index (κ2) is 8.04. The van der Waals surface area contributed by atoms with Crippen molar-refractivity contribution in [2.45, 2.75) is 27.3 Å². The highest BCUT2D eigenvalue weighted by atomic mass is 16.2. The molecule has 0 unspecified atom stereocenters. The number of benzene rings is 2. The fourth-order valence-electron chi connectivity index (χ4n) is 3.10. The van der Waals surface area contributed by atoms with Crippen LogP contribution in [0.25, 0.3) is 11.0 Å². The van der Waals surface area contributed by atoms with E-state index in [0.717, 1.165) is 5.56 Å². The summed E-state index contributed by atoms with van der Waals surface area (Å²) in [5.74, 6) is -0.587. The van der Waals surface area contributed by atoms with E-state index in [0.29, 0.717) is 23.3 Å². The molecule has 0 aliphatic rings. The van der Waals surface area contributed by atoms with E-state index in [1.54, 1.807) is 37.3 Å². The molecule has 0 aliphatic heterocycles. The molecule has 7 heteroatoms. The van der Waals surface area contributed by atoms with Crippen LogP contribution in [0.5, 0.6) is 0 Å². The lowest BCUT2D eigenvalue weighted by Crippen LogP contribution is -2.38. The van der Waals surface area contributed by atoms with Crippen LogP contribution in [-0.2, 0) is 16.1 Å². The number of hydrogen-bond acceptors (Lipinski definition) is 4. The first-order chi connectivity index (χ1) is 13.4. The molecule has 0 fully saturated rings. The lowest BCUT2D eigenvalue weighted by Gasteiger charge is -2.19. The quantitative estimate of drug-likeness (QED) is 0.740. The molecule has 0 saturated carbocycles. The Morgan fingerprint density at radius 2 is 1.89 bits per heavy atom. The number of nitrogens with zero attached hydrogens (tertiary/aromatic N) is 3. The molecule has 7 nitrogen and oxygen atoms in total. The van der Waals surface area contributed by atoms with Crippen molar-refractivity contribution in [1.82, 2.24) is 9.55 Å². The van der Waals surface area contributed by atoms with E-state index in [1.807, 2.05) is 25.1 Å². The summed E-state index contributed by atoms with van der Waals surface area (Å²) >= 11 is 0. The maximum Gasteiger partial charge on any atom is 0.294 e. The zero-order valence-electron chi connectivity index (χ0n) is 16.1. The summed E-state index contributed by atoms with van der Waals surface area (Å²) in [5, 5.41) is 2.81. The fourth-order valence-corrected chi connectivity index (χ4v) is 3.10. The summed E-state index contributed by atoms with van der Waals surface area (Å²) in [6.45, 7) is 5.22. The van der Waals surface area contributed by atoms with Gasteiger partial charge in [0.25, 0.3) is 5.56 Å². The number of fused-ring (bicyclic) bond motifs is 1. The summed E-state index contributed by atoms with van der Waals surface area (Å²) in [5.41, 5.74) is 2.28. The van der Waals surface area contributed by atoms with E-state index in [4.69, 9.17) is 0 Å². The zero-order chi connectivity index (χ0) is 20.3. The monoisotopic (exact) mass is 378 g/mol. The molecule has 1 heterocycles. The number of hydrogen-bond donors (Lipinski definition) is 1. The number of carbonyl (C=O) groups excluding carboxylic acids is 2. The second-order valence-electron chi connectivity index (χ2n) is 6.50. The number of para-hydroxylation sites is 2. The van der Waals surface area contributed by atoms with Crippen LogP contribution < -0.4 is 15.8 Å². The van der Waals surface area contributed by atoms with Crippen molar-refractivity contribution in [3.05, 3.63) is 64.4 Å². The minimum atomic E-state index is -0.477. The number of amides is 2. The lowest BCUT2D eigenvalue weighted by molar-refractivity contribution is -0.117. The van der Waals surface area contributed by atoms with Gasteiger partial charge >= 0.3 is 0 Å². The highest BCUT2D eigenvalue weighted by molar-refractivity contribution is 5.93. The number of rotatable bonds is 5. The molecule has 0 bridgehead atoms. The van der Waals surface area contributed by atoms with Gasteiger partial charge in [0.15, 0.2) is 0 Å². The van der Waals surface area contributed by atoms with Gasteiger partial charge in [-0.25, -0.2) is 4.98 Å². The highest BCUT2D eigenvalue weighted by Crippen LogP contribution is 2.15. The Hall–Kier alpha value is -3.48. The standard InChI is InChI=1S/C21H22N4O3/c1-4-24(15(3)26)20-21(28)25(18-11-6-5-10-17(18)23-20)13-19(27)22-16-9-7-8-14(2)12-16/h5-12H,4,13H2,1-3H3,(H,22,27). The van der Waals surface area contributed by atoms with Crippen LogP contribution >= 0.6 is 0 Å². The summed E-state index contributed by atoms with van der Waals surface area (Å²) in [6, 6.07) is 14.5. The van der Waals surface area contributed by atoms with Crippen molar-refractivity contribution in [2.75, 3.05) is 16.8 Å². The first-order valence-electron chi connectivity index (χ1n) is 9.05. The van der Waals surface area contributed by atoms with Crippen LogP contribution in [0.2, 0.25) is 0 Å². The third kappa shape index (κ3) is 3.93. The Labute approximate surface area is 162 Å². The minimum Gasteiger partial charge on any atom is -0.325 e. The Morgan fingerprint density at radius 1 is 1.14 bits per heavy atom. The summed E-state index contributed by atoms with van der Waals surface area (Å²) < 4.78 is 1.36. The van der Waals surface area contributed by atoms with E-state index in [9.17, 15) is 14.4 Å². The lowest BCUT2D eigenvalue weighted by atomic mass is 10.2. The Bertz CT molecular complexity index is 1100. The average molecular weight is 378 g/mol. The van der Waals surface area contributed by atoms with Crippen LogP contribution in [0.4, 0.5) is 11.5 Å². The highest BCUT2D eigenvalue weighted by Gasteiger charge is 2.20. The number of aromatic nitrogens is 2. The molecule has 0 radical (unpaired) electrons. The smallest absolute Gasteiger partial charge is 0.294 e. The van der Waals surface area contributed by atoms with Gasteiger partial charge < -0.3 is 5.32 Å². The Morgan fingerprint density at radius 3 is 2.57 bits per heavy atom. The molecule has 3 aromatic rings. The Balaban J connectivity index is 2.03. The minimum absolute atomic E-state index is 0.0251. The second-order valence-corrected chi connectivity index (χ2v) is 6.50. The molecular formula is C21H22N4O3. The number of nitrogens with one attached hydrogen (secondary N) is 1. The molecule has 2 amide bonds. The van der Waals surface area contributed by atoms with Crippen LogP contribution in [0, 0.1) is 6.92 Å². The van der Waals surface area contributed by atoms with E-state index in [1.165, 1.54) is 16.4 Å². The van der Waals surface area contributed by atoms with Crippen LogP contribution in [0.15, 0.2) is 53.3 Å². The van der Waals surface area contributed by atoms with E-state index in [-0.39, 0.29) is 24.2 Å². The van der Waals surface area contributed by atoms with E-state index >= 15 is 0 Å². The van der Waals surface area contributed by atoms with Crippen LogP contribution in [0.1, 0.15) is 19.4 Å².